The van der Waals surface area contributed by atoms with Crippen LogP contribution in [0.15, 0.2) is 14.3 Å². The average molecular weight is 228 g/mol. The van der Waals surface area contributed by atoms with Crippen molar-refractivity contribution >= 4 is 38.3 Å². The molecule has 1 unspecified atom stereocenters. The normalized spacial score (nSPS) is 13.6. The van der Waals surface area contributed by atoms with E-state index in [1.54, 1.807) is 5.38 Å². The first-order chi connectivity index (χ1) is 4.20. The molecule has 0 radical (unpaired) electrons. The lowest BCUT2D eigenvalue weighted by Crippen LogP contribution is -1.84. The van der Waals surface area contributed by atoms with Crippen LogP contribution in [0.3, 0.4) is 0 Å². The van der Waals surface area contributed by atoms with Crippen LogP contribution in [-0.4, -0.2) is 13.7 Å². The molecule has 1 N–H and O–H groups in total. The number of aromatic nitrogens is 1. The third kappa shape index (κ3) is 1.82. The van der Waals surface area contributed by atoms with Gasteiger partial charge in [-0.05, 0) is 15.9 Å². The van der Waals surface area contributed by atoms with E-state index < -0.39 is 11.1 Å². The van der Waals surface area contributed by atoms with E-state index in [9.17, 15) is 4.21 Å². The molecule has 0 aliphatic heterocycles. The zero-order valence-corrected chi connectivity index (χ0v) is 7.29. The average Bonchev–Trinajstić information content (AvgIpc) is 2.14. The maximum Gasteiger partial charge on any atom is 0.216 e. The van der Waals surface area contributed by atoms with E-state index in [1.165, 1.54) is 0 Å². The molecule has 0 fully saturated rings. The zero-order valence-electron chi connectivity index (χ0n) is 4.07. The maximum atomic E-state index is 10.3. The SMILES string of the molecule is O=S(O)c1nc(Br)cs1. The van der Waals surface area contributed by atoms with Crippen LogP contribution in [0.2, 0.25) is 0 Å². The third-order valence-corrected chi connectivity index (χ3v) is 3.05. The van der Waals surface area contributed by atoms with E-state index in [0.29, 0.717) is 4.60 Å². The molecule has 0 spiro atoms. The Morgan fingerprint density at radius 2 is 2.56 bits per heavy atom. The van der Waals surface area contributed by atoms with Crippen LogP contribution in [0.1, 0.15) is 0 Å². The van der Waals surface area contributed by atoms with E-state index in [4.69, 9.17) is 4.55 Å². The molecule has 6 heteroatoms. The quantitative estimate of drug-likeness (QED) is 0.740. The van der Waals surface area contributed by atoms with Crippen molar-refractivity contribution in [3.05, 3.63) is 9.98 Å². The number of halogens is 1. The van der Waals surface area contributed by atoms with Crippen LogP contribution in [0.4, 0.5) is 0 Å². The van der Waals surface area contributed by atoms with Gasteiger partial charge in [0.05, 0.1) is 0 Å². The van der Waals surface area contributed by atoms with Gasteiger partial charge in [0.25, 0.3) is 0 Å². The summed E-state index contributed by atoms with van der Waals surface area (Å²) < 4.78 is 19.5. The minimum atomic E-state index is -1.93. The van der Waals surface area contributed by atoms with Crippen LogP contribution in [0.25, 0.3) is 0 Å². The minimum Gasteiger partial charge on any atom is -0.300 e. The summed E-state index contributed by atoms with van der Waals surface area (Å²) in [6.07, 6.45) is 0. The summed E-state index contributed by atoms with van der Waals surface area (Å²) >= 11 is 2.27. The second-order valence-electron chi connectivity index (χ2n) is 1.19. The van der Waals surface area contributed by atoms with Crippen molar-refractivity contribution in [3.63, 3.8) is 0 Å². The van der Waals surface area contributed by atoms with Gasteiger partial charge in [0, 0.05) is 5.38 Å². The number of nitrogens with zero attached hydrogens (tertiary/aromatic N) is 1. The molecule has 0 aliphatic carbocycles. The summed E-state index contributed by atoms with van der Waals surface area (Å²) in [6.45, 7) is 0. The van der Waals surface area contributed by atoms with Crippen molar-refractivity contribution in [1.29, 1.82) is 0 Å². The fourth-order valence-corrected chi connectivity index (χ4v) is 2.06. The highest BCUT2D eigenvalue weighted by atomic mass is 79.9. The summed E-state index contributed by atoms with van der Waals surface area (Å²) in [6, 6.07) is 0. The fourth-order valence-electron chi connectivity index (χ4n) is 0.319. The first kappa shape index (κ1) is 7.33. The van der Waals surface area contributed by atoms with Gasteiger partial charge in [-0.25, -0.2) is 9.19 Å². The van der Waals surface area contributed by atoms with E-state index >= 15 is 0 Å². The zero-order chi connectivity index (χ0) is 6.85. The van der Waals surface area contributed by atoms with Gasteiger partial charge in [0.2, 0.25) is 15.4 Å². The van der Waals surface area contributed by atoms with Gasteiger partial charge in [-0.1, -0.05) is 0 Å². The summed E-state index contributed by atoms with van der Waals surface area (Å²) in [5, 5.41) is 1.66. The van der Waals surface area contributed by atoms with E-state index in [1.807, 2.05) is 0 Å². The van der Waals surface area contributed by atoms with Gasteiger partial charge in [-0.3, -0.25) is 0 Å². The third-order valence-electron chi connectivity index (χ3n) is 0.604. The molecule has 50 valence electrons. The summed E-state index contributed by atoms with van der Waals surface area (Å²) in [5.41, 5.74) is 0. The molecule has 0 aromatic carbocycles. The lowest BCUT2D eigenvalue weighted by molar-refractivity contribution is 0.563. The van der Waals surface area contributed by atoms with Gasteiger partial charge >= 0.3 is 0 Å². The Hall–Kier alpha value is 0.220. The predicted molar refractivity (Wildman–Crippen MR) is 38.9 cm³/mol. The topological polar surface area (TPSA) is 50.2 Å². The van der Waals surface area contributed by atoms with Gasteiger partial charge in [0.1, 0.15) is 4.60 Å². The van der Waals surface area contributed by atoms with E-state index in [2.05, 4.69) is 20.9 Å². The van der Waals surface area contributed by atoms with Crippen molar-refractivity contribution in [3.8, 4) is 0 Å². The van der Waals surface area contributed by atoms with Crippen molar-refractivity contribution in [2.45, 2.75) is 4.34 Å². The van der Waals surface area contributed by atoms with Crippen molar-refractivity contribution in [1.82, 2.24) is 4.98 Å². The summed E-state index contributed by atoms with van der Waals surface area (Å²) in [7, 11) is 0. The van der Waals surface area contributed by atoms with Crippen molar-refractivity contribution < 1.29 is 8.76 Å². The van der Waals surface area contributed by atoms with Gasteiger partial charge < -0.3 is 4.55 Å². The first-order valence-corrected chi connectivity index (χ1v) is 4.70. The molecule has 1 aromatic heterocycles. The monoisotopic (exact) mass is 227 g/mol. The summed E-state index contributed by atoms with van der Waals surface area (Å²) in [4.78, 5) is 3.70. The molecule has 0 saturated heterocycles. The molecule has 1 rings (SSSR count). The fraction of sp³-hybridized carbons (Fsp3) is 0. The van der Waals surface area contributed by atoms with Crippen LogP contribution < -0.4 is 0 Å². The Balaban J connectivity index is 2.98. The lowest BCUT2D eigenvalue weighted by Gasteiger charge is -1.79. The van der Waals surface area contributed by atoms with Gasteiger partial charge in [-0.15, -0.1) is 11.3 Å². The lowest BCUT2D eigenvalue weighted by atomic mass is 11.0. The van der Waals surface area contributed by atoms with Crippen LogP contribution in [0, 0.1) is 0 Å². The smallest absolute Gasteiger partial charge is 0.216 e. The Labute approximate surface area is 66.5 Å². The van der Waals surface area contributed by atoms with E-state index in [-0.39, 0.29) is 4.34 Å². The van der Waals surface area contributed by atoms with Gasteiger partial charge in [-0.2, -0.15) is 0 Å². The summed E-state index contributed by atoms with van der Waals surface area (Å²) in [5.74, 6) is 0. The van der Waals surface area contributed by atoms with Gasteiger partial charge in [0.15, 0.2) is 0 Å². The Morgan fingerprint density at radius 3 is 2.78 bits per heavy atom. The molecular formula is C3H2BrNO2S2. The molecule has 1 aromatic rings. The molecule has 9 heavy (non-hydrogen) atoms. The highest BCUT2D eigenvalue weighted by Crippen LogP contribution is 2.16. The molecule has 3 nitrogen and oxygen atoms in total. The Kier molecular flexibility index (Phi) is 2.34. The number of hydrogen-bond acceptors (Lipinski definition) is 3. The number of rotatable bonds is 1. The van der Waals surface area contributed by atoms with Crippen molar-refractivity contribution in [2.24, 2.45) is 0 Å². The molecule has 1 atom stereocenters. The number of hydrogen-bond donors (Lipinski definition) is 1. The van der Waals surface area contributed by atoms with Crippen molar-refractivity contribution in [2.75, 3.05) is 0 Å². The molecule has 0 bridgehead atoms. The predicted octanol–water partition coefficient (Wildman–Crippen LogP) is 1.49. The highest BCUT2D eigenvalue weighted by Gasteiger charge is 2.03. The van der Waals surface area contributed by atoms with Crippen LogP contribution >= 0.6 is 27.3 Å². The second kappa shape index (κ2) is 2.87. The molecular weight excluding hydrogens is 226 g/mol. The van der Waals surface area contributed by atoms with Crippen LogP contribution in [0.5, 0.6) is 0 Å². The molecule has 0 saturated carbocycles. The highest BCUT2D eigenvalue weighted by molar-refractivity contribution is 9.10. The molecule has 1 heterocycles. The van der Waals surface area contributed by atoms with E-state index in [0.717, 1.165) is 11.3 Å². The van der Waals surface area contributed by atoms with Crippen LogP contribution in [-0.2, 0) is 11.1 Å². The maximum absolute atomic E-state index is 10.3. The largest absolute Gasteiger partial charge is 0.300 e. The number of thiazole rings is 1. The second-order valence-corrected chi connectivity index (χ2v) is 4.00. The first-order valence-electron chi connectivity index (χ1n) is 1.92. The molecule has 0 amide bonds. The Bertz CT molecular complexity index is 235. The Morgan fingerprint density at radius 1 is 1.89 bits per heavy atom. The minimum absolute atomic E-state index is 0.224. The standard InChI is InChI=1S/C3H2BrNO2S2/c4-2-1-8-3(5-2)9(6)7/h1H,(H,6,7). The molecule has 0 aliphatic rings.